The maximum absolute atomic E-state index is 12.2. The van der Waals surface area contributed by atoms with Crippen LogP contribution >= 0.6 is 46.3 Å². The van der Waals surface area contributed by atoms with Gasteiger partial charge in [0, 0.05) is 6.07 Å². The quantitative estimate of drug-likeness (QED) is 0.429. The van der Waals surface area contributed by atoms with Gasteiger partial charge in [-0.1, -0.05) is 52.4 Å². The van der Waals surface area contributed by atoms with Crippen molar-refractivity contribution in [2.45, 2.75) is 4.34 Å². The fourth-order valence-corrected chi connectivity index (χ4v) is 4.17. The Kier molecular flexibility index (Phi) is 7.43. The van der Waals surface area contributed by atoms with Crippen LogP contribution in [0.15, 0.2) is 40.7 Å². The molecule has 0 atom stereocenters. The summed E-state index contributed by atoms with van der Waals surface area (Å²) in [5.41, 5.74) is 1.17. The van der Waals surface area contributed by atoms with E-state index in [-0.39, 0.29) is 11.7 Å². The third-order valence-corrected chi connectivity index (χ3v) is 6.40. The second-order valence-electron chi connectivity index (χ2n) is 5.50. The molecule has 1 heterocycles. The Hall–Kier alpha value is -2.20. The second-order valence-corrected chi connectivity index (χ2v) is 8.49. The number of halogens is 2. The van der Waals surface area contributed by atoms with Gasteiger partial charge in [0.1, 0.15) is 11.5 Å². The molecule has 0 aliphatic heterocycles. The zero-order valence-electron chi connectivity index (χ0n) is 15.4. The van der Waals surface area contributed by atoms with Crippen LogP contribution in [0.1, 0.15) is 0 Å². The molecule has 2 aromatic carbocycles. The summed E-state index contributed by atoms with van der Waals surface area (Å²) in [5, 5.41) is 15.3. The molecule has 11 heteroatoms. The van der Waals surface area contributed by atoms with E-state index in [0.717, 1.165) is 0 Å². The molecule has 0 aliphatic rings. The van der Waals surface area contributed by atoms with Crippen molar-refractivity contribution < 1.29 is 14.3 Å². The van der Waals surface area contributed by atoms with Crippen LogP contribution in [-0.4, -0.2) is 36.1 Å². The average Bonchev–Trinajstić information content (AvgIpc) is 3.17. The minimum Gasteiger partial charge on any atom is -0.497 e. The fourth-order valence-electron chi connectivity index (χ4n) is 2.26. The largest absolute Gasteiger partial charge is 0.497 e. The highest BCUT2D eigenvalue weighted by Crippen LogP contribution is 2.34. The summed E-state index contributed by atoms with van der Waals surface area (Å²) >= 11 is 14.6. The lowest BCUT2D eigenvalue weighted by Gasteiger charge is -2.10. The molecule has 1 amide bonds. The number of ether oxygens (including phenoxy) is 2. The number of carbonyl (C=O) groups is 1. The van der Waals surface area contributed by atoms with Crippen LogP contribution in [0.25, 0.3) is 0 Å². The van der Waals surface area contributed by atoms with E-state index < -0.39 is 0 Å². The van der Waals surface area contributed by atoms with E-state index >= 15 is 0 Å². The molecular formula is C18H16Cl2N4O3S2. The molecule has 0 bridgehead atoms. The smallest absolute Gasteiger partial charge is 0.234 e. The number of anilines is 3. The Morgan fingerprint density at radius 3 is 2.72 bits per heavy atom. The summed E-state index contributed by atoms with van der Waals surface area (Å²) in [7, 11) is 3.17. The van der Waals surface area contributed by atoms with Gasteiger partial charge in [0.2, 0.25) is 11.0 Å². The van der Waals surface area contributed by atoms with Gasteiger partial charge in [-0.2, -0.15) is 0 Å². The van der Waals surface area contributed by atoms with E-state index in [1.165, 1.54) is 23.1 Å². The molecule has 3 aromatic rings. The Labute approximate surface area is 185 Å². The van der Waals surface area contributed by atoms with E-state index in [0.29, 0.717) is 42.4 Å². The molecule has 3 rings (SSSR count). The maximum atomic E-state index is 12.2. The standard InChI is InChI=1S/C18H16Cl2N4O3S2/c1-26-10-6-7-14(27-2)13(8-10)22-17-23-24-18(29-17)28-9-15(25)21-12-5-3-4-11(19)16(12)20/h3-8H,9H2,1-2H3,(H,21,25)(H,22,23). The van der Waals surface area contributed by atoms with E-state index in [4.69, 9.17) is 32.7 Å². The van der Waals surface area contributed by atoms with Crippen LogP contribution in [0.4, 0.5) is 16.5 Å². The van der Waals surface area contributed by atoms with Gasteiger partial charge in [-0.25, -0.2) is 0 Å². The lowest BCUT2D eigenvalue weighted by molar-refractivity contribution is -0.113. The number of carbonyl (C=O) groups excluding carboxylic acids is 1. The highest BCUT2D eigenvalue weighted by atomic mass is 35.5. The number of nitrogens with zero attached hydrogens (tertiary/aromatic N) is 2. The van der Waals surface area contributed by atoms with Gasteiger partial charge in [-0.15, -0.1) is 10.2 Å². The molecular weight excluding hydrogens is 455 g/mol. The first-order valence-electron chi connectivity index (χ1n) is 8.19. The monoisotopic (exact) mass is 470 g/mol. The van der Waals surface area contributed by atoms with Gasteiger partial charge in [-0.3, -0.25) is 4.79 Å². The molecule has 0 aliphatic carbocycles. The van der Waals surface area contributed by atoms with E-state index in [2.05, 4.69) is 20.8 Å². The van der Waals surface area contributed by atoms with Gasteiger partial charge >= 0.3 is 0 Å². The predicted molar refractivity (Wildman–Crippen MR) is 119 cm³/mol. The predicted octanol–water partition coefficient (Wildman–Crippen LogP) is 5.34. The van der Waals surface area contributed by atoms with Crippen molar-refractivity contribution >= 4 is 68.7 Å². The molecule has 0 spiro atoms. The number of rotatable bonds is 8. The number of hydrogen-bond acceptors (Lipinski definition) is 8. The summed E-state index contributed by atoms with van der Waals surface area (Å²) in [5.74, 6) is 1.26. The van der Waals surface area contributed by atoms with Gasteiger partial charge in [0.25, 0.3) is 0 Å². The fraction of sp³-hybridized carbons (Fsp3) is 0.167. The normalized spacial score (nSPS) is 10.5. The molecule has 0 unspecified atom stereocenters. The van der Waals surface area contributed by atoms with Crippen LogP contribution in [-0.2, 0) is 4.79 Å². The number of nitrogens with one attached hydrogen (secondary N) is 2. The number of hydrogen-bond donors (Lipinski definition) is 2. The second kappa shape index (κ2) is 10.0. The molecule has 1 aromatic heterocycles. The molecule has 2 N–H and O–H groups in total. The lowest BCUT2D eigenvalue weighted by Crippen LogP contribution is -2.14. The number of methoxy groups -OCH3 is 2. The summed E-state index contributed by atoms with van der Waals surface area (Å²) < 4.78 is 11.2. The molecule has 0 fully saturated rings. The highest BCUT2D eigenvalue weighted by molar-refractivity contribution is 8.01. The number of amides is 1. The van der Waals surface area contributed by atoms with E-state index in [1.807, 2.05) is 0 Å². The zero-order chi connectivity index (χ0) is 20.8. The Bertz CT molecular complexity index is 1020. The Morgan fingerprint density at radius 1 is 1.14 bits per heavy atom. The summed E-state index contributed by atoms with van der Waals surface area (Å²) in [6, 6.07) is 10.5. The maximum Gasteiger partial charge on any atom is 0.234 e. The van der Waals surface area contributed by atoms with Crippen LogP contribution in [0.3, 0.4) is 0 Å². The van der Waals surface area contributed by atoms with Gasteiger partial charge in [-0.05, 0) is 24.3 Å². The van der Waals surface area contributed by atoms with Crippen LogP contribution in [0, 0.1) is 0 Å². The Morgan fingerprint density at radius 2 is 1.97 bits per heavy atom. The van der Waals surface area contributed by atoms with Crippen molar-refractivity contribution in [1.82, 2.24) is 10.2 Å². The summed E-state index contributed by atoms with van der Waals surface area (Å²) in [4.78, 5) is 12.2. The summed E-state index contributed by atoms with van der Waals surface area (Å²) in [6.45, 7) is 0. The number of thioether (sulfide) groups is 1. The molecule has 0 radical (unpaired) electrons. The summed E-state index contributed by atoms with van der Waals surface area (Å²) in [6.07, 6.45) is 0. The number of benzene rings is 2. The van der Waals surface area contributed by atoms with Crippen molar-refractivity contribution in [3.05, 3.63) is 46.4 Å². The van der Waals surface area contributed by atoms with Gasteiger partial charge < -0.3 is 20.1 Å². The zero-order valence-corrected chi connectivity index (χ0v) is 18.5. The van der Waals surface area contributed by atoms with Crippen LogP contribution < -0.4 is 20.1 Å². The van der Waals surface area contributed by atoms with Gasteiger partial charge in [0.15, 0.2) is 4.34 Å². The first-order valence-corrected chi connectivity index (χ1v) is 10.7. The van der Waals surface area contributed by atoms with E-state index in [9.17, 15) is 4.79 Å². The van der Waals surface area contributed by atoms with Crippen LogP contribution in [0.5, 0.6) is 11.5 Å². The van der Waals surface area contributed by atoms with Crippen LogP contribution in [0.2, 0.25) is 10.0 Å². The van der Waals surface area contributed by atoms with Crippen molar-refractivity contribution in [3.8, 4) is 11.5 Å². The number of aromatic nitrogens is 2. The van der Waals surface area contributed by atoms with Crippen molar-refractivity contribution in [2.75, 3.05) is 30.6 Å². The first-order chi connectivity index (χ1) is 14.0. The third-order valence-electron chi connectivity index (χ3n) is 3.61. The lowest BCUT2D eigenvalue weighted by atomic mass is 10.3. The SMILES string of the molecule is COc1ccc(OC)c(Nc2nnc(SCC(=O)Nc3cccc(Cl)c3Cl)s2)c1. The van der Waals surface area contributed by atoms with Crippen molar-refractivity contribution in [1.29, 1.82) is 0 Å². The van der Waals surface area contributed by atoms with Gasteiger partial charge in [0.05, 0.1) is 41.4 Å². The Balaban J connectivity index is 1.59. The first kappa shape index (κ1) is 21.5. The van der Waals surface area contributed by atoms with Crippen molar-refractivity contribution in [2.24, 2.45) is 0 Å². The van der Waals surface area contributed by atoms with Crippen molar-refractivity contribution in [3.63, 3.8) is 0 Å². The molecule has 152 valence electrons. The van der Waals surface area contributed by atoms with E-state index in [1.54, 1.807) is 50.6 Å². The third kappa shape index (κ3) is 5.66. The molecule has 0 saturated heterocycles. The molecule has 0 saturated carbocycles. The molecule has 29 heavy (non-hydrogen) atoms. The topological polar surface area (TPSA) is 85.4 Å². The average molecular weight is 471 g/mol. The minimum absolute atomic E-state index is 0.153. The molecule has 7 nitrogen and oxygen atoms in total. The minimum atomic E-state index is -0.224. The highest BCUT2D eigenvalue weighted by Gasteiger charge is 2.13.